The number of amides is 1. The molecule has 28 heavy (non-hydrogen) atoms. The summed E-state index contributed by atoms with van der Waals surface area (Å²) in [7, 11) is 1.57. The highest BCUT2D eigenvalue weighted by Gasteiger charge is 2.11. The highest BCUT2D eigenvalue weighted by Crippen LogP contribution is 2.28. The van der Waals surface area contributed by atoms with Gasteiger partial charge in [0.1, 0.15) is 0 Å². The van der Waals surface area contributed by atoms with Crippen LogP contribution >= 0.6 is 0 Å². The van der Waals surface area contributed by atoms with E-state index in [4.69, 9.17) is 9.47 Å². The largest absolute Gasteiger partial charge is 0.493 e. The van der Waals surface area contributed by atoms with Crippen LogP contribution in [0.4, 0.5) is 5.69 Å². The van der Waals surface area contributed by atoms with Crippen molar-refractivity contribution in [1.82, 2.24) is 14.8 Å². The van der Waals surface area contributed by atoms with Crippen LogP contribution < -0.4 is 14.8 Å². The second kappa shape index (κ2) is 8.56. The van der Waals surface area contributed by atoms with Crippen LogP contribution in [0.3, 0.4) is 0 Å². The zero-order valence-corrected chi connectivity index (χ0v) is 16.5. The van der Waals surface area contributed by atoms with Gasteiger partial charge in [-0.15, -0.1) is 0 Å². The zero-order valence-electron chi connectivity index (χ0n) is 16.5. The number of ether oxygens (including phenoxy) is 2. The van der Waals surface area contributed by atoms with E-state index in [-0.39, 0.29) is 18.6 Å². The van der Waals surface area contributed by atoms with Gasteiger partial charge in [0.25, 0.3) is 5.91 Å². The van der Waals surface area contributed by atoms with E-state index < -0.39 is 0 Å². The molecule has 0 radical (unpaired) electrons. The van der Waals surface area contributed by atoms with E-state index in [2.05, 4.69) is 15.4 Å². The Labute approximate surface area is 164 Å². The van der Waals surface area contributed by atoms with Crippen molar-refractivity contribution < 1.29 is 14.3 Å². The van der Waals surface area contributed by atoms with Crippen molar-refractivity contribution in [1.29, 1.82) is 0 Å². The van der Waals surface area contributed by atoms with E-state index in [0.29, 0.717) is 17.2 Å². The molecule has 7 heteroatoms. The molecule has 1 aromatic carbocycles. The Morgan fingerprint density at radius 2 is 2.07 bits per heavy atom. The fraction of sp³-hybridized carbons (Fsp3) is 0.286. The average molecular weight is 380 g/mol. The standard InChI is InChI=1S/C21H24N4O3/c1-5-6-15-7-8-18(19(9-15)27-4)28-13-20(26)24-17-10-16-11-23-25(14(2)3)21(16)22-12-17/h5-12,14H,13H2,1-4H3,(H,24,26)/b6-5+. The van der Waals surface area contributed by atoms with Crippen LogP contribution in [-0.4, -0.2) is 34.4 Å². The molecule has 0 unspecified atom stereocenters. The van der Waals surface area contributed by atoms with E-state index in [1.165, 1.54) is 0 Å². The summed E-state index contributed by atoms with van der Waals surface area (Å²) in [6.45, 7) is 5.89. The minimum Gasteiger partial charge on any atom is -0.493 e. The first-order valence-electron chi connectivity index (χ1n) is 9.08. The van der Waals surface area contributed by atoms with Gasteiger partial charge in [-0.05, 0) is 44.5 Å². The third-order valence-corrected chi connectivity index (χ3v) is 4.11. The normalized spacial score (nSPS) is 11.3. The van der Waals surface area contributed by atoms with Crippen LogP contribution in [0.25, 0.3) is 17.1 Å². The molecule has 2 aromatic heterocycles. The van der Waals surface area contributed by atoms with E-state index >= 15 is 0 Å². The van der Waals surface area contributed by atoms with Crippen molar-refractivity contribution >= 4 is 28.7 Å². The summed E-state index contributed by atoms with van der Waals surface area (Å²) in [6, 6.07) is 7.61. The van der Waals surface area contributed by atoms with Crippen molar-refractivity contribution in [2.45, 2.75) is 26.8 Å². The van der Waals surface area contributed by atoms with Crippen LogP contribution in [0.5, 0.6) is 11.5 Å². The number of pyridine rings is 1. The third-order valence-electron chi connectivity index (χ3n) is 4.11. The van der Waals surface area contributed by atoms with E-state index in [0.717, 1.165) is 16.6 Å². The van der Waals surface area contributed by atoms with E-state index in [9.17, 15) is 4.79 Å². The predicted molar refractivity (Wildman–Crippen MR) is 110 cm³/mol. The molecule has 0 atom stereocenters. The number of carbonyl (C=O) groups excluding carboxylic acids is 1. The summed E-state index contributed by atoms with van der Waals surface area (Å²) in [4.78, 5) is 16.7. The highest BCUT2D eigenvalue weighted by molar-refractivity contribution is 5.93. The maximum Gasteiger partial charge on any atom is 0.262 e. The van der Waals surface area contributed by atoms with Gasteiger partial charge in [0.05, 0.1) is 25.2 Å². The highest BCUT2D eigenvalue weighted by atomic mass is 16.5. The summed E-state index contributed by atoms with van der Waals surface area (Å²) in [5.74, 6) is 0.808. The van der Waals surface area contributed by atoms with Crippen LogP contribution in [0, 0.1) is 0 Å². The first-order chi connectivity index (χ1) is 13.5. The van der Waals surface area contributed by atoms with Crippen LogP contribution in [0.1, 0.15) is 32.4 Å². The number of anilines is 1. The lowest BCUT2D eigenvalue weighted by Gasteiger charge is -2.11. The van der Waals surface area contributed by atoms with Crippen molar-refractivity contribution in [2.75, 3.05) is 19.0 Å². The minimum absolute atomic E-state index is 0.136. The van der Waals surface area contributed by atoms with Crippen molar-refractivity contribution in [3.8, 4) is 11.5 Å². The predicted octanol–water partition coefficient (Wildman–Crippen LogP) is 4.07. The van der Waals surface area contributed by atoms with Crippen molar-refractivity contribution in [3.05, 3.63) is 48.3 Å². The Balaban J connectivity index is 1.65. The molecule has 1 amide bonds. The Hall–Kier alpha value is -3.35. The lowest BCUT2D eigenvalue weighted by Crippen LogP contribution is -2.20. The summed E-state index contributed by atoms with van der Waals surface area (Å²) in [6.07, 6.45) is 7.26. The number of hydrogen-bond acceptors (Lipinski definition) is 5. The van der Waals surface area contributed by atoms with Gasteiger partial charge in [-0.25, -0.2) is 9.67 Å². The van der Waals surface area contributed by atoms with Gasteiger partial charge in [0.2, 0.25) is 0 Å². The molecule has 2 heterocycles. The minimum atomic E-state index is -0.281. The van der Waals surface area contributed by atoms with E-state index in [1.807, 2.05) is 55.8 Å². The first-order valence-corrected chi connectivity index (χ1v) is 9.08. The molecule has 3 aromatic rings. The smallest absolute Gasteiger partial charge is 0.262 e. The molecule has 3 rings (SSSR count). The quantitative estimate of drug-likeness (QED) is 0.668. The zero-order chi connectivity index (χ0) is 20.1. The van der Waals surface area contributed by atoms with Gasteiger partial charge in [-0.1, -0.05) is 18.2 Å². The lowest BCUT2D eigenvalue weighted by atomic mass is 10.2. The molecule has 0 saturated heterocycles. The topological polar surface area (TPSA) is 78.3 Å². The molecule has 1 N–H and O–H groups in total. The Morgan fingerprint density at radius 3 is 2.79 bits per heavy atom. The van der Waals surface area contributed by atoms with Crippen LogP contribution in [0.2, 0.25) is 0 Å². The number of hydrogen-bond donors (Lipinski definition) is 1. The lowest BCUT2D eigenvalue weighted by molar-refractivity contribution is -0.118. The fourth-order valence-corrected chi connectivity index (χ4v) is 2.83. The van der Waals surface area contributed by atoms with Crippen LogP contribution in [0.15, 0.2) is 42.7 Å². The number of carbonyl (C=O) groups is 1. The van der Waals surface area contributed by atoms with Crippen molar-refractivity contribution in [2.24, 2.45) is 0 Å². The number of rotatable bonds is 7. The average Bonchev–Trinajstić information content (AvgIpc) is 3.10. The van der Waals surface area contributed by atoms with Crippen molar-refractivity contribution in [3.63, 3.8) is 0 Å². The van der Waals surface area contributed by atoms with Gasteiger partial charge in [-0.3, -0.25) is 4.79 Å². The second-order valence-corrected chi connectivity index (χ2v) is 6.57. The number of allylic oxidation sites excluding steroid dienone is 1. The molecule has 0 spiro atoms. The van der Waals surface area contributed by atoms with Gasteiger partial charge >= 0.3 is 0 Å². The molecule has 0 fully saturated rings. The number of aromatic nitrogens is 3. The van der Waals surface area contributed by atoms with Gasteiger partial charge in [0.15, 0.2) is 23.8 Å². The third kappa shape index (κ3) is 4.31. The number of benzene rings is 1. The van der Waals surface area contributed by atoms with E-state index in [1.54, 1.807) is 25.6 Å². The first kappa shape index (κ1) is 19.4. The maximum atomic E-state index is 12.3. The number of methoxy groups -OCH3 is 1. The van der Waals surface area contributed by atoms with Crippen LogP contribution in [-0.2, 0) is 4.79 Å². The summed E-state index contributed by atoms with van der Waals surface area (Å²) in [5.41, 5.74) is 2.38. The molecule has 7 nitrogen and oxygen atoms in total. The summed E-state index contributed by atoms with van der Waals surface area (Å²) in [5, 5.41) is 7.99. The molecule has 0 aliphatic rings. The molecular formula is C21H24N4O3. The summed E-state index contributed by atoms with van der Waals surface area (Å²) >= 11 is 0. The number of nitrogens with one attached hydrogen (secondary N) is 1. The van der Waals surface area contributed by atoms with Gasteiger partial charge in [0, 0.05) is 11.4 Å². The van der Waals surface area contributed by atoms with Gasteiger partial charge in [-0.2, -0.15) is 5.10 Å². The molecular weight excluding hydrogens is 356 g/mol. The Morgan fingerprint density at radius 1 is 1.25 bits per heavy atom. The molecule has 0 saturated carbocycles. The van der Waals surface area contributed by atoms with Gasteiger partial charge < -0.3 is 14.8 Å². The molecule has 146 valence electrons. The summed E-state index contributed by atoms with van der Waals surface area (Å²) < 4.78 is 12.8. The fourth-order valence-electron chi connectivity index (χ4n) is 2.83. The molecule has 0 aliphatic carbocycles. The monoisotopic (exact) mass is 380 g/mol. The SMILES string of the molecule is C/C=C/c1ccc(OCC(=O)Nc2cnc3c(cnn3C(C)C)c2)c(OC)c1. The maximum absolute atomic E-state index is 12.3. The Bertz CT molecular complexity index is 1010. The number of nitrogens with zero attached hydrogens (tertiary/aromatic N) is 3. The molecule has 0 bridgehead atoms. The Kier molecular flexibility index (Phi) is 5.93. The molecule has 0 aliphatic heterocycles. The second-order valence-electron chi connectivity index (χ2n) is 6.57. The number of fused-ring (bicyclic) bond motifs is 1.